The maximum Gasteiger partial charge on any atom is 0.435 e. The van der Waals surface area contributed by atoms with Gasteiger partial charge in [-0.3, -0.25) is 9.59 Å². The standard InChI is InChI=1S/C22H20F4N4O2/c1-12(2)27-20(31)14-8-6-7-13(3)19(14)28-21(32)17-11-18(22(24,25)26)29-30(17)16-10-5-4-9-15(16)23/h4-12H,1-3H3,(H,27,31)(H,28,32)/i6T. The molecule has 168 valence electrons. The molecule has 0 atom stereocenters. The fraction of sp³-hybridized carbons (Fsp3) is 0.227. The van der Waals surface area contributed by atoms with Crippen molar-refractivity contribution in [1.29, 1.82) is 0 Å². The minimum Gasteiger partial charge on any atom is -0.350 e. The number of amides is 2. The number of carbonyl (C=O) groups is 2. The molecule has 1 aromatic heterocycles. The molecule has 1 heterocycles. The third-order valence-corrected chi connectivity index (χ3v) is 4.41. The Morgan fingerprint density at radius 2 is 1.81 bits per heavy atom. The molecular weight excluding hydrogens is 428 g/mol. The highest BCUT2D eigenvalue weighted by molar-refractivity contribution is 6.09. The van der Waals surface area contributed by atoms with Crippen LogP contribution in [0.1, 0.15) is 47.3 Å². The zero-order chi connectivity index (χ0) is 24.5. The second-order valence-electron chi connectivity index (χ2n) is 7.29. The highest BCUT2D eigenvalue weighted by atomic mass is 19.4. The molecule has 0 aliphatic rings. The molecule has 10 heteroatoms. The second kappa shape index (κ2) is 8.81. The van der Waals surface area contributed by atoms with Crippen LogP contribution in [0.3, 0.4) is 0 Å². The van der Waals surface area contributed by atoms with Crippen molar-refractivity contribution in [3.63, 3.8) is 0 Å². The van der Waals surface area contributed by atoms with E-state index >= 15 is 0 Å². The predicted octanol–water partition coefficient (Wildman–Crippen LogP) is 4.73. The van der Waals surface area contributed by atoms with Gasteiger partial charge >= 0.3 is 6.18 Å². The van der Waals surface area contributed by atoms with Gasteiger partial charge in [0.25, 0.3) is 11.8 Å². The molecule has 6 nitrogen and oxygen atoms in total. The minimum absolute atomic E-state index is 0.00941. The number of anilines is 1. The molecule has 0 saturated heterocycles. The normalized spacial score (nSPS) is 11.9. The fourth-order valence-corrected chi connectivity index (χ4v) is 2.96. The minimum atomic E-state index is -4.88. The number of benzene rings is 2. The van der Waals surface area contributed by atoms with Crippen LogP contribution in [-0.4, -0.2) is 27.6 Å². The van der Waals surface area contributed by atoms with Gasteiger partial charge < -0.3 is 10.6 Å². The number of alkyl halides is 3. The van der Waals surface area contributed by atoms with E-state index < -0.39 is 35.2 Å². The summed E-state index contributed by atoms with van der Waals surface area (Å²) in [6, 6.07) is 7.83. The molecule has 0 spiro atoms. The summed E-state index contributed by atoms with van der Waals surface area (Å²) in [6.45, 7) is 4.98. The number of nitrogens with zero attached hydrogens (tertiary/aromatic N) is 2. The van der Waals surface area contributed by atoms with Gasteiger partial charge in [-0.15, -0.1) is 0 Å². The highest BCUT2D eigenvalue weighted by Gasteiger charge is 2.36. The number of nitrogens with one attached hydrogen (secondary N) is 2. The quantitative estimate of drug-likeness (QED) is 0.552. The number of para-hydroxylation sites is 2. The molecule has 3 rings (SSSR count). The zero-order valence-corrected chi connectivity index (χ0v) is 17.3. The number of rotatable bonds is 5. The van der Waals surface area contributed by atoms with Crippen LogP contribution in [-0.2, 0) is 6.18 Å². The van der Waals surface area contributed by atoms with Gasteiger partial charge in [0, 0.05) is 12.1 Å². The summed E-state index contributed by atoms with van der Waals surface area (Å²) in [5, 5.41) is 8.47. The van der Waals surface area contributed by atoms with Gasteiger partial charge in [0.15, 0.2) is 5.69 Å². The summed E-state index contributed by atoms with van der Waals surface area (Å²) in [5.74, 6) is -2.49. The monoisotopic (exact) mass is 450 g/mol. The first-order chi connectivity index (χ1) is 15.4. The predicted molar refractivity (Wildman–Crippen MR) is 110 cm³/mol. The summed E-state index contributed by atoms with van der Waals surface area (Å²) in [4.78, 5) is 25.7. The number of aryl methyl sites for hydroxylation is 1. The molecule has 0 aliphatic carbocycles. The maximum absolute atomic E-state index is 14.3. The van der Waals surface area contributed by atoms with Crippen molar-refractivity contribution in [3.8, 4) is 5.69 Å². The zero-order valence-electron chi connectivity index (χ0n) is 18.3. The molecule has 2 amide bonds. The lowest BCUT2D eigenvalue weighted by Crippen LogP contribution is -2.31. The molecule has 0 saturated carbocycles. The lowest BCUT2D eigenvalue weighted by atomic mass is 10.1. The Kier molecular flexibility index (Phi) is 5.93. The van der Waals surface area contributed by atoms with Crippen LogP contribution in [0.2, 0.25) is 0 Å². The Bertz CT molecular complexity index is 1220. The molecule has 32 heavy (non-hydrogen) atoms. The van der Waals surface area contributed by atoms with Crippen LogP contribution in [0, 0.1) is 12.7 Å². The average molecular weight is 450 g/mol. The lowest BCUT2D eigenvalue weighted by Gasteiger charge is -2.16. The average Bonchev–Trinajstić information content (AvgIpc) is 3.15. The second-order valence-corrected chi connectivity index (χ2v) is 7.29. The largest absolute Gasteiger partial charge is 0.435 e. The topological polar surface area (TPSA) is 76.0 Å². The van der Waals surface area contributed by atoms with E-state index in [9.17, 15) is 27.2 Å². The molecule has 3 aromatic rings. The van der Waals surface area contributed by atoms with Crippen molar-refractivity contribution in [2.45, 2.75) is 33.0 Å². The lowest BCUT2D eigenvalue weighted by molar-refractivity contribution is -0.141. The molecule has 0 aliphatic heterocycles. The summed E-state index contributed by atoms with van der Waals surface area (Å²) >= 11 is 0. The summed E-state index contributed by atoms with van der Waals surface area (Å²) in [6.07, 6.45) is -4.88. The number of hydrogen-bond acceptors (Lipinski definition) is 3. The van der Waals surface area contributed by atoms with E-state index in [1.165, 1.54) is 37.3 Å². The number of aromatic nitrogens is 2. The Morgan fingerprint density at radius 3 is 2.44 bits per heavy atom. The van der Waals surface area contributed by atoms with Gasteiger partial charge in [0.2, 0.25) is 0 Å². The van der Waals surface area contributed by atoms with Gasteiger partial charge in [0.1, 0.15) is 17.2 Å². The highest BCUT2D eigenvalue weighted by Crippen LogP contribution is 2.31. The van der Waals surface area contributed by atoms with Gasteiger partial charge in [-0.25, -0.2) is 9.07 Å². The summed E-state index contributed by atoms with van der Waals surface area (Å²) < 4.78 is 62.7. The van der Waals surface area contributed by atoms with Gasteiger partial charge in [-0.05, 0) is 44.5 Å². The summed E-state index contributed by atoms with van der Waals surface area (Å²) in [5.41, 5.74) is -1.99. The molecule has 0 bridgehead atoms. The van der Waals surface area contributed by atoms with Crippen LogP contribution >= 0.6 is 0 Å². The molecule has 2 aromatic carbocycles. The van der Waals surface area contributed by atoms with E-state index in [1.807, 2.05) is 0 Å². The van der Waals surface area contributed by atoms with Crippen molar-refractivity contribution in [2.75, 3.05) is 5.32 Å². The molecule has 2 N–H and O–H groups in total. The Morgan fingerprint density at radius 1 is 1.12 bits per heavy atom. The van der Waals surface area contributed by atoms with Crippen molar-refractivity contribution in [3.05, 3.63) is 76.8 Å². The van der Waals surface area contributed by atoms with Crippen molar-refractivity contribution in [1.82, 2.24) is 15.1 Å². The van der Waals surface area contributed by atoms with Gasteiger partial charge in [-0.2, -0.15) is 18.3 Å². The molecule has 0 fully saturated rings. The third-order valence-electron chi connectivity index (χ3n) is 4.41. The fourth-order valence-electron chi connectivity index (χ4n) is 2.96. The van der Waals surface area contributed by atoms with E-state index in [2.05, 4.69) is 15.7 Å². The smallest absolute Gasteiger partial charge is 0.350 e. The molecule has 0 unspecified atom stereocenters. The maximum atomic E-state index is 14.3. The first-order valence-electron chi connectivity index (χ1n) is 10.0. The molecule has 0 radical (unpaired) electrons. The van der Waals surface area contributed by atoms with Crippen LogP contribution in [0.15, 0.2) is 48.5 Å². The third kappa shape index (κ3) is 4.79. The van der Waals surface area contributed by atoms with Crippen LogP contribution in [0.25, 0.3) is 5.69 Å². The van der Waals surface area contributed by atoms with Crippen LogP contribution in [0.4, 0.5) is 23.2 Å². The Hall–Kier alpha value is -3.69. The van der Waals surface area contributed by atoms with Crippen LogP contribution in [0.5, 0.6) is 0 Å². The van der Waals surface area contributed by atoms with Crippen molar-refractivity contribution in [2.24, 2.45) is 0 Å². The van der Waals surface area contributed by atoms with Crippen molar-refractivity contribution >= 4 is 17.5 Å². The summed E-state index contributed by atoms with van der Waals surface area (Å²) in [7, 11) is 0. The van der Waals surface area contributed by atoms with E-state index in [4.69, 9.17) is 1.37 Å². The van der Waals surface area contributed by atoms with Gasteiger partial charge in [0.05, 0.1) is 12.6 Å². The Balaban J connectivity index is 2.10. The van der Waals surface area contributed by atoms with E-state index in [0.717, 1.165) is 6.07 Å². The van der Waals surface area contributed by atoms with E-state index in [0.29, 0.717) is 16.3 Å². The number of halogens is 4. The SMILES string of the molecule is [3H]c1cc(C)c(NC(=O)c2cc(C(F)(F)F)nn2-c2ccccc2F)c(C(=O)NC(C)C)c1. The first-order valence-corrected chi connectivity index (χ1v) is 9.54. The van der Waals surface area contributed by atoms with E-state index in [-0.39, 0.29) is 29.0 Å². The van der Waals surface area contributed by atoms with E-state index in [1.54, 1.807) is 13.8 Å². The molecular formula is C22H20F4N4O2. The number of hydrogen-bond donors (Lipinski definition) is 2. The first kappa shape index (κ1) is 21.5. The van der Waals surface area contributed by atoms with Crippen LogP contribution < -0.4 is 10.6 Å². The number of carbonyl (C=O) groups excluding carboxylic acids is 2. The van der Waals surface area contributed by atoms with Crippen molar-refractivity contribution < 1.29 is 28.5 Å². The van der Waals surface area contributed by atoms with Gasteiger partial charge in [-0.1, -0.05) is 24.2 Å². The Labute approximate surface area is 182 Å².